The molecule has 0 aromatic rings. The molecule has 0 bridgehead atoms. The van der Waals surface area contributed by atoms with Crippen molar-refractivity contribution in [2.75, 3.05) is 0 Å². The Morgan fingerprint density at radius 1 is 1.25 bits per heavy atom. The van der Waals surface area contributed by atoms with E-state index in [1.54, 1.807) is 0 Å². The SMILES string of the molecule is CC1(O)CCCC1.[K+]. The predicted molar refractivity (Wildman–Crippen MR) is 29.1 cm³/mol. The minimum absolute atomic E-state index is 0. The minimum Gasteiger partial charge on any atom is -0.390 e. The van der Waals surface area contributed by atoms with Gasteiger partial charge in [-0.05, 0) is 19.8 Å². The first-order valence-corrected chi connectivity index (χ1v) is 2.93. The van der Waals surface area contributed by atoms with E-state index in [2.05, 4.69) is 0 Å². The van der Waals surface area contributed by atoms with Gasteiger partial charge in [0, 0.05) is 0 Å². The molecule has 0 aromatic carbocycles. The fourth-order valence-electron chi connectivity index (χ4n) is 1.14. The standard InChI is InChI=1S/C6H12O.K/c1-6(7)4-2-3-5-6;/h7H,2-5H2,1H3;/q;+1. The maximum Gasteiger partial charge on any atom is 1.00 e. The second kappa shape index (κ2) is 3.69. The van der Waals surface area contributed by atoms with Crippen molar-refractivity contribution in [2.45, 2.75) is 38.2 Å². The Morgan fingerprint density at radius 2 is 1.62 bits per heavy atom. The second-order valence-corrected chi connectivity index (χ2v) is 2.70. The summed E-state index contributed by atoms with van der Waals surface area (Å²) < 4.78 is 0. The van der Waals surface area contributed by atoms with Crippen LogP contribution < -0.4 is 51.4 Å². The molecule has 0 heterocycles. The van der Waals surface area contributed by atoms with Crippen molar-refractivity contribution >= 4 is 0 Å². The van der Waals surface area contributed by atoms with Gasteiger partial charge in [0.25, 0.3) is 0 Å². The molecule has 1 aliphatic carbocycles. The van der Waals surface area contributed by atoms with E-state index in [1.807, 2.05) is 6.92 Å². The van der Waals surface area contributed by atoms with Crippen molar-refractivity contribution < 1.29 is 56.5 Å². The van der Waals surface area contributed by atoms with Gasteiger partial charge in [-0.15, -0.1) is 0 Å². The molecule has 1 nitrogen and oxygen atoms in total. The van der Waals surface area contributed by atoms with Crippen molar-refractivity contribution in [2.24, 2.45) is 0 Å². The smallest absolute Gasteiger partial charge is 0.390 e. The van der Waals surface area contributed by atoms with E-state index in [-0.39, 0.29) is 57.0 Å². The Morgan fingerprint density at radius 3 is 1.75 bits per heavy atom. The van der Waals surface area contributed by atoms with Gasteiger partial charge in [-0.2, -0.15) is 0 Å². The molecule has 0 amide bonds. The maximum absolute atomic E-state index is 9.19. The summed E-state index contributed by atoms with van der Waals surface area (Å²) in [5.74, 6) is 0. The van der Waals surface area contributed by atoms with Gasteiger partial charge in [-0.1, -0.05) is 12.8 Å². The summed E-state index contributed by atoms with van der Waals surface area (Å²) in [6.45, 7) is 1.92. The topological polar surface area (TPSA) is 20.2 Å². The Kier molecular flexibility index (Phi) is 4.42. The van der Waals surface area contributed by atoms with Crippen LogP contribution in [0.5, 0.6) is 0 Å². The van der Waals surface area contributed by atoms with Crippen LogP contribution >= 0.6 is 0 Å². The Labute approximate surface area is 93.3 Å². The zero-order valence-electron chi connectivity index (χ0n) is 5.78. The largest absolute Gasteiger partial charge is 1.00 e. The molecule has 1 N–H and O–H groups in total. The first-order valence-electron chi connectivity index (χ1n) is 2.93. The van der Waals surface area contributed by atoms with E-state index in [4.69, 9.17) is 0 Å². The van der Waals surface area contributed by atoms with Crippen molar-refractivity contribution in [3.8, 4) is 0 Å². The van der Waals surface area contributed by atoms with E-state index in [1.165, 1.54) is 12.8 Å². The Bertz CT molecular complexity index is 62.9. The minimum atomic E-state index is -0.306. The summed E-state index contributed by atoms with van der Waals surface area (Å²) in [4.78, 5) is 0. The van der Waals surface area contributed by atoms with E-state index >= 15 is 0 Å². The molecule has 1 saturated carbocycles. The van der Waals surface area contributed by atoms with Crippen molar-refractivity contribution in [1.29, 1.82) is 0 Å². The van der Waals surface area contributed by atoms with E-state index < -0.39 is 0 Å². The van der Waals surface area contributed by atoms with Gasteiger partial charge in [0.1, 0.15) is 0 Å². The molecule has 1 rings (SSSR count). The molecular weight excluding hydrogens is 127 g/mol. The predicted octanol–water partition coefficient (Wildman–Crippen LogP) is -1.68. The van der Waals surface area contributed by atoms with Gasteiger partial charge in [-0.3, -0.25) is 0 Å². The first-order chi connectivity index (χ1) is 3.21. The molecule has 1 fully saturated rings. The number of rotatable bonds is 0. The molecule has 0 radical (unpaired) electrons. The van der Waals surface area contributed by atoms with Crippen LogP contribution in [0.25, 0.3) is 0 Å². The van der Waals surface area contributed by atoms with Crippen LogP contribution in [0.2, 0.25) is 0 Å². The van der Waals surface area contributed by atoms with Crippen LogP contribution in [0.3, 0.4) is 0 Å². The summed E-state index contributed by atoms with van der Waals surface area (Å²) >= 11 is 0. The van der Waals surface area contributed by atoms with E-state index in [0.29, 0.717) is 0 Å². The molecule has 0 unspecified atom stereocenters. The summed E-state index contributed by atoms with van der Waals surface area (Å²) in [6, 6.07) is 0. The molecule has 1 aliphatic rings. The summed E-state index contributed by atoms with van der Waals surface area (Å²) in [7, 11) is 0. The van der Waals surface area contributed by atoms with Crippen LogP contribution in [0.4, 0.5) is 0 Å². The zero-order chi connectivity index (χ0) is 5.33. The third-order valence-electron chi connectivity index (χ3n) is 1.68. The van der Waals surface area contributed by atoms with Gasteiger partial charge >= 0.3 is 51.4 Å². The van der Waals surface area contributed by atoms with Crippen molar-refractivity contribution in [3.05, 3.63) is 0 Å². The zero-order valence-corrected chi connectivity index (χ0v) is 8.90. The second-order valence-electron chi connectivity index (χ2n) is 2.70. The normalized spacial score (nSPS) is 24.8. The first kappa shape index (κ1) is 9.60. The van der Waals surface area contributed by atoms with Crippen LogP contribution in [0.1, 0.15) is 32.6 Å². The average molecular weight is 139 g/mol. The van der Waals surface area contributed by atoms with Crippen LogP contribution in [-0.2, 0) is 0 Å². The fourth-order valence-corrected chi connectivity index (χ4v) is 1.14. The monoisotopic (exact) mass is 139 g/mol. The van der Waals surface area contributed by atoms with Gasteiger partial charge in [-0.25, -0.2) is 0 Å². The van der Waals surface area contributed by atoms with Crippen LogP contribution in [0, 0.1) is 0 Å². The average Bonchev–Trinajstić information content (AvgIpc) is 1.84. The Balaban J connectivity index is 0.000000490. The van der Waals surface area contributed by atoms with Crippen LogP contribution in [0.15, 0.2) is 0 Å². The molecule has 0 spiro atoms. The molecule has 0 aromatic heterocycles. The maximum atomic E-state index is 9.19. The number of hydrogen-bond donors (Lipinski definition) is 1. The molecule has 2 heteroatoms. The summed E-state index contributed by atoms with van der Waals surface area (Å²) in [6.07, 6.45) is 4.44. The van der Waals surface area contributed by atoms with Gasteiger partial charge in [0.05, 0.1) is 5.60 Å². The quantitative estimate of drug-likeness (QED) is 0.397. The van der Waals surface area contributed by atoms with E-state index in [9.17, 15) is 5.11 Å². The molecule has 8 heavy (non-hydrogen) atoms. The van der Waals surface area contributed by atoms with Gasteiger partial charge in [0.15, 0.2) is 0 Å². The van der Waals surface area contributed by atoms with Gasteiger partial charge < -0.3 is 5.11 Å². The third kappa shape index (κ3) is 2.94. The molecule has 0 aliphatic heterocycles. The van der Waals surface area contributed by atoms with Crippen molar-refractivity contribution in [3.63, 3.8) is 0 Å². The fraction of sp³-hybridized carbons (Fsp3) is 1.00. The number of hydrogen-bond acceptors (Lipinski definition) is 1. The Hall–Kier alpha value is 1.60. The molecular formula is C6H12KO+. The third-order valence-corrected chi connectivity index (χ3v) is 1.68. The molecule has 42 valence electrons. The molecule has 0 atom stereocenters. The van der Waals surface area contributed by atoms with Crippen LogP contribution in [-0.4, -0.2) is 10.7 Å². The summed E-state index contributed by atoms with van der Waals surface area (Å²) in [5.41, 5.74) is -0.306. The molecule has 0 saturated heterocycles. The number of aliphatic hydroxyl groups is 1. The van der Waals surface area contributed by atoms with Crippen molar-refractivity contribution in [1.82, 2.24) is 0 Å². The van der Waals surface area contributed by atoms with Gasteiger partial charge in [0.2, 0.25) is 0 Å². The van der Waals surface area contributed by atoms with E-state index in [0.717, 1.165) is 12.8 Å². The summed E-state index contributed by atoms with van der Waals surface area (Å²) in [5, 5.41) is 9.19.